The van der Waals surface area contributed by atoms with E-state index in [0.717, 1.165) is 6.54 Å². The fourth-order valence-electron chi connectivity index (χ4n) is 3.97. The van der Waals surface area contributed by atoms with Crippen LogP contribution in [0.3, 0.4) is 0 Å². The van der Waals surface area contributed by atoms with Crippen molar-refractivity contribution in [3.05, 3.63) is 0 Å². The molecule has 5 nitrogen and oxygen atoms in total. The van der Waals surface area contributed by atoms with E-state index in [0.29, 0.717) is 12.6 Å². The standard InChI is InChI=1S/C17H34N4O/c1-15(13-22-2)20-16(18)19-14-17(9-5-3-6-10-17)21-11-7-4-8-12-21/h15H,3-14H2,1-2H3,(H3,18,19,20). The zero-order valence-corrected chi connectivity index (χ0v) is 14.4. The smallest absolute Gasteiger partial charge is 0.188 e. The fourth-order valence-corrected chi connectivity index (χ4v) is 3.97. The van der Waals surface area contributed by atoms with E-state index in [1.165, 1.54) is 64.5 Å². The number of nitrogens with two attached hydrogens (primary N) is 1. The van der Waals surface area contributed by atoms with Crippen LogP contribution in [0.15, 0.2) is 4.99 Å². The highest BCUT2D eigenvalue weighted by Crippen LogP contribution is 2.35. The molecule has 0 radical (unpaired) electrons. The Morgan fingerprint density at radius 3 is 2.45 bits per heavy atom. The lowest BCUT2D eigenvalue weighted by Crippen LogP contribution is -2.54. The van der Waals surface area contributed by atoms with E-state index in [-0.39, 0.29) is 11.6 Å². The van der Waals surface area contributed by atoms with E-state index >= 15 is 0 Å². The van der Waals surface area contributed by atoms with Gasteiger partial charge in [0.25, 0.3) is 0 Å². The van der Waals surface area contributed by atoms with Crippen LogP contribution in [0.2, 0.25) is 0 Å². The lowest BCUT2D eigenvalue weighted by atomic mass is 9.79. The molecule has 3 N–H and O–H groups in total. The minimum absolute atomic E-state index is 0.200. The second kappa shape index (κ2) is 8.73. The minimum atomic E-state index is 0.200. The van der Waals surface area contributed by atoms with Crippen LogP contribution in [0.4, 0.5) is 0 Å². The lowest BCUT2D eigenvalue weighted by Gasteiger charge is -2.47. The molecule has 1 aliphatic heterocycles. The molecule has 1 aliphatic carbocycles. The first-order chi connectivity index (χ1) is 10.7. The summed E-state index contributed by atoms with van der Waals surface area (Å²) in [5.74, 6) is 0.562. The number of likely N-dealkylation sites (tertiary alicyclic amines) is 1. The molecule has 2 rings (SSSR count). The first-order valence-electron chi connectivity index (χ1n) is 8.97. The van der Waals surface area contributed by atoms with Crippen molar-refractivity contribution in [2.45, 2.75) is 69.9 Å². The van der Waals surface area contributed by atoms with Crippen molar-refractivity contribution >= 4 is 5.96 Å². The molecule has 1 saturated carbocycles. The Morgan fingerprint density at radius 2 is 1.82 bits per heavy atom. The van der Waals surface area contributed by atoms with Gasteiger partial charge in [-0.25, -0.2) is 0 Å². The zero-order valence-electron chi connectivity index (χ0n) is 14.4. The molecule has 1 unspecified atom stereocenters. The second-order valence-corrected chi connectivity index (χ2v) is 7.03. The molecule has 128 valence electrons. The number of methoxy groups -OCH3 is 1. The van der Waals surface area contributed by atoms with Gasteiger partial charge < -0.3 is 15.8 Å². The average Bonchev–Trinajstić information content (AvgIpc) is 2.55. The third-order valence-electron chi connectivity index (χ3n) is 5.17. The highest BCUT2D eigenvalue weighted by molar-refractivity contribution is 5.78. The summed E-state index contributed by atoms with van der Waals surface area (Å²) >= 11 is 0. The van der Waals surface area contributed by atoms with Gasteiger partial charge in [0.15, 0.2) is 5.96 Å². The molecular formula is C17H34N4O. The average molecular weight is 310 g/mol. The maximum Gasteiger partial charge on any atom is 0.188 e. The monoisotopic (exact) mass is 310 g/mol. The van der Waals surface area contributed by atoms with Crippen LogP contribution in [0, 0.1) is 0 Å². The number of rotatable bonds is 6. The number of nitrogens with zero attached hydrogens (tertiary/aromatic N) is 2. The lowest BCUT2D eigenvalue weighted by molar-refractivity contribution is 0.0407. The normalized spacial score (nSPS) is 24.9. The maximum absolute atomic E-state index is 6.08. The molecule has 1 atom stereocenters. The molecule has 0 spiro atoms. The molecular weight excluding hydrogens is 276 g/mol. The summed E-state index contributed by atoms with van der Waals surface area (Å²) in [4.78, 5) is 7.42. The third-order valence-corrected chi connectivity index (χ3v) is 5.17. The van der Waals surface area contributed by atoms with E-state index in [1.54, 1.807) is 7.11 Å². The van der Waals surface area contributed by atoms with Gasteiger partial charge in [-0.1, -0.05) is 25.7 Å². The molecule has 2 fully saturated rings. The summed E-state index contributed by atoms with van der Waals surface area (Å²) in [6, 6.07) is 0.200. The topological polar surface area (TPSA) is 62.9 Å². The molecule has 22 heavy (non-hydrogen) atoms. The molecule has 1 heterocycles. The number of hydrogen-bond donors (Lipinski definition) is 2. The highest BCUT2D eigenvalue weighted by Gasteiger charge is 2.38. The van der Waals surface area contributed by atoms with Crippen molar-refractivity contribution in [1.82, 2.24) is 10.2 Å². The summed E-state index contributed by atoms with van der Waals surface area (Å²) in [6.07, 6.45) is 10.6. The van der Waals surface area contributed by atoms with Crippen LogP contribution >= 0.6 is 0 Å². The van der Waals surface area contributed by atoms with Crippen molar-refractivity contribution in [2.75, 3.05) is 33.4 Å². The number of piperidine rings is 1. The third kappa shape index (κ3) is 4.85. The Kier molecular flexibility index (Phi) is 6.96. The Balaban J connectivity index is 1.96. The fraction of sp³-hybridized carbons (Fsp3) is 0.941. The first-order valence-corrected chi connectivity index (χ1v) is 8.97. The van der Waals surface area contributed by atoms with Crippen molar-refractivity contribution in [2.24, 2.45) is 10.7 Å². The van der Waals surface area contributed by atoms with Gasteiger partial charge in [0, 0.05) is 18.7 Å². The van der Waals surface area contributed by atoms with E-state index in [1.807, 2.05) is 0 Å². The number of aliphatic imine (C=N–C) groups is 1. The van der Waals surface area contributed by atoms with Gasteiger partial charge in [-0.3, -0.25) is 9.89 Å². The van der Waals surface area contributed by atoms with Gasteiger partial charge in [0.2, 0.25) is 0 Å². The van der Waals surface area contributed by atoms with Crippen LogP contribution in [-0.4, -0.2) is 55.8 Å². The zero-order chi connectivity index (χ0) is 15.8. The number of hydrogen-bond acceptors (Lipinski definition) is 3. The van der Waals surface area contributed by atoms with E-state index in [9.17, 15) is 0 Å². The van der Waals surface area contributed by atoms with Gasteiger partial charge in [0.05, 0.1) is 13.2 Å². The van der Waals surface area contributed by atoms with Crippen LogP contribution in [0.1, 0.15) is 58.3 Å². The van der Waals surface area contributed by atoms with Crippen molar-refractivity contribution < 1.29 is 4.74 Å². The molecule has 0 aromatic carbocycles. The maximum atomic E-state index is 6.08. The minimum Gasteiger partial charge on any atom is -0.383 e. The van der Waals surface area contributed by atoms with Crippen LogP contribution in [0.25, 0.3) is 0 Å². The summed E-state index contributed by atoms with van der Waals surface area (Å²) in [5.41, 5.74) is 6.33. The Bertz CT molecular complexity index is 347. The van der Waals surface area contributed by atoms with Crippen LogP contribution < -0.4 is 11.1 Å². The molecule has 0 bridgehead atoms. The molecule has 5 heteroatoms. The largest absolute Gasteiger partial charge is 0.383 e. The summed E-state index contributed by atoms with van der Waals surface area (Å²) in [6.45, 7) is 6.03. The predicted molar refractivity (Wildman–Crippen MR) is 92.2 cm³/mol. The predicted octanol–water partition coefficient (Wildman–Crippen LogP) is 2.11. The Labute approximate surface area is 135 Å². The Hall–Kier alpha value is -0.810. The molecule has 0 aromatic heterocycles. The second-order valence-electron chi connectivity index (χ2n) is 7.03. The highest BCUT2D eigenvalue weighted by atomic mass is 16.5. The van der Waals surface area contributed by atoms with Gasteiger partial charge in [-0.2, -0.15) is 0 Å². The molecule has 1 saturated heterocycles. The van der Waals surface area contributed by atoms with Crippen molar-refractivity contribution in [3.8, 4) is 0 Å². The summed E-state index contributed by atoms with van der Waals surface area (Å²) in [7, 11) is 1.71. The quantitative estimate of drug-likeness (QED) is 0.583. The van der Waals surface area contributed by atoms with Crippen LogP contribution in [0.5, 0.6) is 0 Å². The number of guanidine groups is 1. The number of ether oxygens (including phenoxy) is 1. The first kappa shape index (κ1) is 17.5. The van der Waals surface area contributed by atoms with Gasteiger partial charge in [-0.05, 0) is 45.7 Å². The van der Waals surface area contributed by atoms with Crippen LogP contribution in [-0.2, 0) is 4.74 Å². The molecule has 0 aromatic rings. The summed E-state index contributed by atoms with van der Waals surface area (Å²) in [5, 5.41) is 3.22. The van der Waals surface area contributed by atoms with Crippen molar-refractivity contribution in [3.63, 3.8) is 0 Å². The van der Waals surface area contributed by atoms with Gasteiger partial charge >= 0.3 is 0 Å². The van der Waals surface area contributed by atoms with Gasteiger partial charge in [0.1, 0.15) is 0 Å². The Morgan fingerprint density at radius 1 is 1.18 bits per heavy atom. The van der Waals surface area contributed by atoms with E-state index in [2.05, 4.69) is 17.1 Å². The summed E-state index contributed by atoms with van der Waals surface area (Å²) < 4.78 is 5.13. The molecule has 2 aliphatic rings. The number of nitrogens with one attached hydrogen (secondary N) is 1. The van der Waals surface area contributed by atoms with E-state index in [4.69, 9.17) is 15.5 Å². The van der Waals surface area contributed by atoms with E-state index < -0.39 is 0 Å². The molecule has 0 amide bonds. The van der Waals surface area contributed by atoms with Gasteiger partial charge in [-0.15, -0.1) is 0 Å². The van der Waals surface area contributed by atoms with Crippen molar-refractivity contribution in [1.29, 1.82) is 0 Å². The SMILES string of the molecule is COCC(C)NC(N)=NCC1(N2CCCCC2)CCCCC1.